The fraction of sp³-hybridized carbons (Fsp3) is 0.250. The lowest BCUT2D eigenvalue weighted by atomic mass is 9.84. The number of hydrogen-bond donors (Lipinski definition) is 0. The Morgan fingerprint density at radius 1 is 0.303 bits per heavy atom. The van der Waals surface area contributed by atoms with E-state index in [9.17, 15) is 0 Å². The summed E-state index contributed by atoms with van der Waals surface area (Å²) in [6.07, 6.45) is 11.8. The van der Waals surface area contributed by atoms with Crippen molar-refractivity contribution in [1.29, 1.82) is 0 Å². The van der Waals surface area contributed by atoms with Crippen LogP contribution in [0.15, 0.2) is 191 Å². The highest BCUT2D eigenvalue weighted by Crippen LogP contribution is 2.46. The molecule has 76 heavy (non-hydrogen) atoms. The van der Waals surface area contributed by atoms with Crippen LogP contribution in [-0.2, 0) is 12.8 Å². The lowest BCUT2D eigenvalue weighted by Crippen LogP contribution is -2.12. The highest BCUT2D eigenvalue weighted by atomic mass is 79.9. The van der Waals surface area contributed by atoms with Crippen LogP contribution in [0.2, 0.25) is 0 Å². The summed E-state index contributed by atoms with van der Waals surface area (Å²) in [5.41, 5.74) is 27.9. The lowest BCUT2D eigenvalue weighted by Gasteiger charge is -2.30. The Bertz CT molecular complexity index is 3180. The molecule has 0 saturated carbocycles. The largest absolute Gasteiger partial charge is 0.310 e. The van der Waals surface area contributed by atoms with Gasteiger partial charge < -0.3 is 9.80 Å². The zero-order chi connectivity index (χ0) is 53.3. The van der Waals surface area contributed by atoms with Crippen molar-refractivity contribution in [3.05, 3.63) is 235 Å². The standard InChI is InChI=1S/C72H74Br2N2/c1-9-11-13-17-27-57-47-70(68-44-54(8)72(46-52(68)6)76(62-35-31-60(74)32-36-62)64-38-40-66(50(4)42-64)56-25-21-16-22-26-56)58(28-18-14-12-10-2)48-69(57)67-43-53(7)71(45-51(67)5)75(61-33-29-59(73)30-34-61)63-37-39-65(49(3)41-63)55-23-19-15-20-24-55/h15-16,19-26,29-48H,9-14,17-18,27-28H2,1-8H3. The van der Waals surface area contributed by atoms with Crippen LogP contribution in [0, 0.1) is 41.5 Å². The zero-order valence-corrected chi connectivity index (χ0v) is 49.2. The van der Waals surface area contributed by atoms with Gasteiger partial charge in [0.15, 0.2) is 0 Å². The van der Waals surface area contributed by atoms with Crippen LogP contribution < -0.4 is 9.80 Å². The van der Waals surface area contributed by atoms with E-state index in [1.165, 1.54) is 152 Å². The Morgan fingerprint density at radius 2 is 0.658 bits per heavy atom. The van der Waals surface area contributed by atoms with Gasteiger partial charge in [-0.3, -0.25) is 0 Å². The lowest BCUT2D eigenvalue weighted by molar-refractivity contribution is 0.664. The summed E-state index contributed by atoms with van der Waals surface area (Å²) in [5, 5.41) is 0. The number of aryl methyl sites for hydroxylation is 8. The SMILES string of the molecule is CCCCCCc1cc(-c2cc(C)c(N(c3ccc(Br)cc3)c3ccc(-c4ccccc4)c(C)c3)cc2C)c(CCCCCC)cc1-c1cc(C)c(N(c2ccc(Br)cc2)c2ccc(-c3ccccc3)c(C)c2)cc1C. The van der Waals surface area contributed by atoms with E-state index in [0.29, 0.717) is 0 Å². The normalized spacial score (nSPS) is 11.3. The molecule has 0 spiro atoms. The molecule has 0 aliphatic rings. The van der Waals surface area contributed by atoms with Crippen molar-refractivity contribution in [3.63, 3.8) is 0 Å². The molecule has 0 radical (unpaired) electrons. The maximum Gasteiger partial charge on any atom is 0.0493 e. The summed E-state index contributed by atoms with van der Waals surface area (Å²) in [4.78, 5) is 4.89. The molecule has 0 bridgehead atoms. The van der Waals surface area contributed by atoms with E-state index >= 15 is 0 Å². The van der Waals surface area contributed by atoms with Crippen molar-refractivity contribution < 1.29 is 0 Å². The van der Waals surface area contributed by atoms with E-state index in [0.717, 1.165) is 44.5 Å². The van der Waals surface area contributed by atoms with Gasteiger partial charge >= 0.3 is 0 Å². The van der Waals surface area contributed by atoms with Crippen LogP contribution in [0.5, 0.6) is 0 Å². The van der Waals surface area contributed by atoms with Gasteiger partial charge in [-0.05, 0) is 253 Å². The molecule has 2 nitrogen and oxygen atoms in total. The maximum absolute atomic E-state index is 3.72. The molecule has 386 valence electrons. The summed E-state index contributed by atoms with van der Waals surface area (Å²) in [5.74, 6) is 0. The van der Waals surface area contributed by atoms with Gasteiger partial charge in [0.25, 0.3) is 0 Å². The fourth-order valence-electron chi connectivity index (χ4n) is 11.2. The molecule has 0 aliphatic heterocycles. The van der Waals surface area contributed by atoms with Gasteiger partial charge in [0, 0.05) is 43.1 Å². The van der Waals surface area contributed by atoms with E-state index in [2.05, 4.69) is 279 Å². The summed E-state index contributed by atoms with van der Waals surface area (Å²) in [7, 11) is 0. The van der Waals surface area contributed by atoms with Gasteiger partial charge in [0.2, 0.25) is 0 Å². The van der Waals surface area contributed by atoms with Gasteiger partial charge in [0.1, 0.15) is 0 Å². The quantitative estimate of drug-likeness (QED) is 0.0702. The van der Waals surface area contributed by atoms with Crippen molar-refractivity contribution in [2.45, 2.75) is 120 Å². The van der Waals surface area contributed by atoms with Gasteiger partial charge in [-0.25, -0.2) is 0 Å². The number of benzene rings is 9. The van der Waals surface area contributed by atoms with Crippen molar-refractivity contribution in [2.24, 2.45) is 0 Å². The minimum Gasteiger partial charge on any atom is -0.310 e. The molecular weight excluding hydrogens is 1050 g/mol. The van der Waals surface area contributed by atoms with Crippen molar-refractivity contribution >= 4 is 66.0 Å². The van der Waals surface area contributed by atoms with Gasteiger partial charge in [-0.15, -0.1) is 0 Å². The van der Waals surface area contributed by atoms with Gasteiger partial charge in [-0.1, -0.05) is 169 Å². The molecule has 0 heterocycles. The van der Waals surface area contributed by atoms with E-state index in [-0.39, 0.29) is 0 Å². The Morgan fingerprint density at radius 3 is 1.01 bits per heavy atom. The molecule has 0 atom stereocenters. The Hall–Kier alpha value is -6.46. The average Bonchev–Trinajstić information content (AvgIpc) is 3.43. The molecule has 0 fully saturated rings. The highest BCUT2D eigenvalue weighted by molar-refractivity contribution is 9.10. The second kappa shape index (κ2) is 25.1. The summed E-state index contributed by atoms with van der Waals surface area (Å²) in [6.45, 7) is 18.4. The van der Waals surface area contributed by atoms with Gasteiger partial charge in [-0.2, -0.15) is 0 Å². The van der Waals surface area contributed by atoms with Crippen LogP contribution in [0.1, 0.15) is 110 Å². The first-order valence-corrected chi connectivity index (χ1v) is 29.3. The Kier molecular flexibility index (Phi) is 18.0. The molecular formula is C72H74Br2N2. The third kappa shape index (κ3) is 12.4. The number of anilines is 6. The first kappa shape index (κ1) is 54.3. The predicted octanol–water partition coefficient (Wildman–Crippen LogP) is 22.9. The number of rotatable bonds is 20. The molecule has 0 saturated heterocycles. The van der Waals surface area contributed by atoms with Crippen molar-refractivity contribution in [1.82, 2.24) is 0 Å². The van der Waals surface area contributed by atoms with Crippen LogP contribution in [0.25, 0.3) is 44.5 Å². The highest BCUT2D eigenvalue weighted by Gasteiger charge is 2.23. The van der Waals surface area contributed by atoms with Crippen LogP contribution in [0.4, 0.5) is 34.1 Å². The first-order chi connectivity index (χ1) is 36.9. The number of unbranched alkanes of at least 4 members (excludes halogenated alkanes) is 6. The van der Waals surface area contributed by atoms with E-state index < -0.39 is 0 Å². The molecule has 0 aliphatic carbocycles. The third-order valence-electron chi connectivity index (χ3n) is 15.4. The topological polar surface area (TPSA) is 6.48 Å². The summed E-state index contributed by atoms with van der Waals surface area (Å²) in [6, 6.07) is 67.9. The summed E-state index contributed by atoms with van der Waals surface area (Å²) >= 11 is 7.44. The predicted molar refractivity (Wildman–Crippen MR) is 337 cm³/mol. The summed E-state index contributed by atoms with van der Waals surface area (Å²) < 4.78 is 2.14. The van der Waals surface area contributed by atoms with E-state index in [1.54, 1.807) is 0 Å². The van der Waals surface area contributed by atoms with Gasteiger partial charge in [0.05, 0.1) is 0 Å². The minimum atomic E-state index is 1.04. The van der Waals surface area contributed by atoms with E-state index in [4.69, 9.17) is 0 Å². The number of nitrogens with zero attached hydrogens (tertiary/aromatic N) is 2. The molecule has 0 amide bonds. The van der Waals surface area contributed by atoms with Crippen LogP contribution in [0.3, 0.4) is 0 Å². The van der Waals surface area contributed by atoms with Crippen molar-refractivity contribution in [2.75, 3.05) is 9.80 Å². The second-order valence-electron chi connectivity index (χ2n) is 21.0. The fourth-order valence-corrected chi connectivity index (χ4v) is 11.8. The smallest absolute Gasteiger partial charge is 0.0493 e. The maximum atomic E-state index is 3.72. The molecule has 0 aromatic heterocycles. The third-order valence-corrected chi connectivity index (χ3v) is 16.4. The minimum absolute atomic E-state index is 1.04. The Balaban J connectivity index is 1.16. The number of hydrogen-bond acceptors (Lipinski definition) is 2. The molecule has 9 aromatic carbocycles. The van der Waals surface area contributed by atoms with Crippen LogP contribution in [-0.4, -0.2) is 0 Å². The first-order valence-electron chi connectivity index (χ1n) is 27.7. The monoisotopic (exact) mass is 1120 g/mol. The molecule has 9 aromatic rings. The van der Waals surface area contributed by atoms with Crippen molar-refractivity contribution in [3.8, 4) is 44.5 Å². The molecule has 0 N–H and O–H groups in total. The Labute approximate surface area is 472 Å². The van der Waals surface area contributed by atoms with Crippen LogP contribution >= 0.6 is 31.9 Å². The molecule has 0 unspecified atom stereocenters. The average molecular weight is 1130 g/mol. The number of halogens is 2. The zero-order valence-electron chi connectivity index (χ0n) is 46.0. The van der Waals surface area contributed by atoms with E-state index in [1.807, 2.05) is 0 Å². The second-order valence-corrected chi connectivity index (χ2v) is 22.9. The molecule has 4 heteroatoms. The molecule has 9 rings (SSSR count).